The molecular weight excluding hydrogens is 584 g/mol. The fraction of sp³-hybridized carbons (Fsp3) is 0.250. The third-order valence-corrected chi connectivity index (χ3v) is 8.90. The molecule has 1 aliphatic rings. The molecule has 0 aliphatic carbocycles. The summed E-state index contributed by atoms with van der Waals surface area (Å²) in [6.07, 6.45) is 7.52. The first-order valence-corrected chi connectivity index (χ1v) is 15.5. The van der Waals surface area contributed by atoms with Crippen LogP contribution in [0.5, 0.6) is 0 Å². The number of carbonyl (C=O) groups is 2. The zero-order chi connectivity index (χ0) is 31.3. The maximum absolute atomic E-state index is 13.5. The molecule has 228 valence electrons. The Bertz CT molecular complexity index is 1930. The molecule has 0 radical (unpaired) electrons. The monoisotopic (exact) mass is 618 g/mol. The number of fused-ring (bicyclic) bond motifs is 2. The molecule has 1 atom stereocenters. The van der Waals surface area contributed by atoms with Crippen LogP contribution in [0, 0.1) is 11.3 Å². The van der Waals surface area contributed by atoms with Crippen LogP contribution < -0.4 is 5.32 Å². The number of halogens is 1. The Labute approximate surface area is 267 Å². The van der Waals surface area contributed by atoms with Gasteiger partial charge in [0.05, 0.1) is 24.2 Å². The van der Waals surface area contributed by atoms with Gasteiger partial charge >= 0.3 is 0 Å². The van der Waals surface area contributed by atoms with Crippen molar-refractivity contribution in [3.05, 3.63) is 112 Å². The number of aromatic nitrogens is 2. The van der Waals surface area contributed by atoms with E-state index in [2.05, 4.69) is 38.4 Å². The maximum atomic E-state index is 13.5. The van der Waals surface area contributed by atoms with E-state index in [4.69, 9.17) is 11.6 Å². The van der Waals surface area contributed by atoms with Crippen molar-refractivity contribution in [2.24, 2.45) is 0 Å². The third kappa shape index (κ3) is 6.96. The van der Waals surface area contributed by atoms with Gasteiger partial charge in [-0.05, 0) is 59.9 Å². The van der Waals surface area contributed by atoms with Crippen LogP contribution in [0.15, 0.2) is 85.2 Å². The van der Waals surface area contributed by atoms with Gasteiger partial charge in [-0.15, -0.1) is 0 Å². The standard InChI is InChI=1S/C36H35ClN6O2/c1-24(44)43(21-27-6-2-4-8-33(27)37)22-29(17-28-19-39-34-9-5-3-7-30(28)34)41-36(45)23-42-14-12-26(13-15-42)32-20-40-35-11-10-25(18-38)16-31(32)35/h2-12,16,19-20,29,39-40H,13-15,17,21-23H2,1H3,(H,41,45)/t29-/m1/s1. The first-order valence-electron chi connectivity index (χ1n) is 15.1. The highest BCUT2D eigenvalue weighted by molar-refractivity contribution is 6.31. The Kier molecular flexibility index (Phi) is 9.01. The van der Waals surface area contributed by atoms with Crippen LogP contribution in [0.1, 0.15) is 35.6 Å². The van der Waals surface area contributed by atoms with Crippen LogP contribution in [0.25, 0.3) is 27.4 Å². The second kappa shape index (κ2) is 13.4. The van der Waals surface area contributed by atoms with Crippen LogP contribution in [0.3, 0.4) is 0 Å². The maximum Gasteiger partial charge on any atom is 0.234 e. The van der Waals surface area contributed by atoms with Crippen molar-refractivity contribution in [3.63, 3.8) is 0 Å². The Morgan fingerprint density at radius 1 is 1.02 bits per heavy atom. The lowest BCUT2D eigenvalue weighted by atomic mass is 9.98. The van der Waals surface area contributed by atoms with E-state index in [9.17, 15) is 14.9 Å². The number of nitriles is 1. The normalized spacial score (nSPS) is 14.2. The Balaban J connectivity index is 1.16. The second-order valence-electron chi connectivity index (χ2n) is 11.6. The number of nitrogens with zero attached hydrogens (tertiary/aromatic N) is 3. The molecule has 0 unspecified atom stereocenters. The number of nitrogens with one attached hydrogen (secondary N) is 3. The summed E-state index contributed by atoms with van der Waals surface area (Å²) in [4.78, 5) is 36.8. The number of para-hydroxylation sites is 1. The van der Waals surface area contributed by atoms with E-state index in [0.29, 0.717) is 36.6 Å². The van der Waals surface area contributed by atoms with Crippen molar-refractivity contribution in [1.29, 1.82) is 5.26 Å². The highest BCUT2D eigenvalue weighted by Crippen LogP contribution is 2.30. The SMILES string of the molecule is CC(=O)N(Cc1ccccc1Cl)C[C@@H](Cc1c[nH]c2ccccc12)NC(=O)CN1CC=C(c2c[nH]c3ccc(C#N)cc23)CC1. The first-order chi connectivity index (χ1) is 21.9. The van der Waals surface area contributed by atoms with Gasteiger partial charge in [-0.25, -0.2) is 0 Å². The summed E-state index contributed by atoms with van der Waals surface area (Å²) in [7, 11) is 0. The summed E-state index contributed by atoms with van der Waals surface area (Å²) in [5.41, 5.74) is 6.93. The number of hydrogen-bond acceptors (Lipinski definition) is 4. The van der Waals surface area contributed by atoms with Gasteiger partial charge in [0.1, 0.15) is 0 Å². The van der Waals surface area contributed by atoms with Crippen molar-refractivity contribution in [1.82, 2.24) is 25.1 Å². The number of benzene rings is 3. The molecular formula is C36H35ClN6O2. The van der Waals surface area contributed by atoms with Gasteiger partial charge in [-0.1, -0.05) is 54.1 Å². The van der Waals surface area contributed by atoms with E-state index >= 15 is 0 Å². The van der Waals surface area contributed by atoms with Crippen LogP contribution in [0.4, 0.5) is 0 Å². The number of carbonyl (C=O) groups excluding carboxylic acids is 2. The fourth-order valence-corrected chi connectivity index (χ4v) is 6.36. The summed E-state index contributed by atoms with van der Waals surface area (Å²) in [6.45, 7) is 3.90. The third-order valence-electron chi connectivity index (χ3n) is 8.53. The molecule has 45 heavy (non-hydrogen) atoms. The quantitative estimate of drug-likeness (QED) is 0.177. The predicted molar refractivity (Wildman–Crippen MR) is 179 cm³/mol. The van der Waals surface area contributed by atoms with E-state index in [1.807, 2.05) is 73.1 Å². The number of hydrogen-bond donors (Lipinski definition) is 3. The lowest BCUT2D eigenvalue weighted by Crippen LogP contribution is -2.49. The molecule has 0 fully saturated rings. The van der Waals surface area contributed by atoms with Crippen molar-refractivity contribution in [2.75, 3.05) is 26.2 Å². The average molecular weight is 619 g/mol. The summed E-state index contributed by atoms with van der Waals surface area (Å²) >= 11 is 6.43. The van der Waals surface area contributed by atoms with Gasteiger partial charge in [0, 0.05) is 77.9 Å². The molecule has 8 nitrogen and oxygen atoms in total. The van der Waals surface area contributed by atoms with Crippen molar-refractivity contribution in [2.45, 2.75) is 32.4 Å². The Morgan fingerprint density at radius 2 is 1.80 bits per heavy atom. The summed E-state index contributed by atoms with van der Waals surface area (Å²) in [6, 6.07) is 23.2. The fourth-order valence-electron chi connectivity index (χ4n) is 6.16. The Morgan fingerprint density at radius 3 is 2.58 bits per heavy atom. The van der Waals surface area contributed by atoms with Crippen molar-refractivity contribution >= 4 is 50.8 Å². The number of rotatable bonds is 10. The summed E-state index contributed by atoms with van der Waals surface area (Å²) < 4.78 is 0. The van der Waals surface area contributed by atoms with Crippen LogP contribution >= 0.6 is 11.6 Å². The number of H-pyrrole nitrogens is 2. The molecule has 2 aromatic heterocycles. The molecule has 5 aromatic rings. The van der Waals surface area contributed by atoms with Gasteiger partial charge in [0.2, 0.25) is 11.8 Å². The molecule has 0 spiro atoms. The molecule has 3 N–H and O–H groups in total. The predicted octanol–water partition coefficient (Wildman–Crippen LogP) is 6.04. The van der Waals surface area contributed by atoms with E-state index < -0.39 is 0 Å². The number of aromatic amines is 2. The first kappa shape index (κ1) is 30.2. The van der Waals surface area contributed by atoms with E-state index in [1.54, 1.807) is 11.8 Å². The smallest absolute Gasteiger partial charge is 0.234 e. The lowest BCUT2D eigenvalue weighted by molar-refractivity contribution is -0.131. The van der Waals surface area contributed by atoms with Crippen molar-refractivity contribution in [3.8, 4) is 6.07 Å². The van der Waals surface area contributed by atoms with Crippen LogP contribution in [-0.4, -0.2) is 63.8 Å². The molecule has 0 bridgehead atoms. The highest BCUT2D eigenvalue weighted by atomic mass is 35.5. The van der Waals surface area contributed by atoms with E-state index in [0.717, 1.165) is 51.5 Å². The number of amides is 2. The lowest BCUT2D eigenvalue weighted by Gasteiger charge is -2.30. The van der Waals surface area contributed by atoms with Gasteiger partial charge in [0.15, 0.2) is 0 Å². The van der Waals surface area contributed by atoms with Gasteiger partial charge < -0.3 is 20.2 Å². The molecule has 9 heteroatoms. The second-order valence-corrected chi connectivity index (χ2v) is 12.0. The zero-order valence-corrected chi connectivity index (χ0v) is 25.9. The van der Waals surface area contributed by atoms with E-state index in [1.165, 1.54) is 5.57 Å². The molecule has 3 aromatic carbocycles. The minimum Gasteiger partial charge on any atom is -0.361 e. The van der Waals surface area contributed by atoms with Crippen molar-refractivity contribution < 1.29 is 9.59 Å². The average Bonchev–Trinajstić information content (AvgIpc) is 3.66. The molecule has 6 rings (SSSR count). The largest absolute Gasteiger partial charge is 0.361 e. The summed E-state index contributed by atoms with van der Waals surface area (Å²) in [5.74, 6) is -0.162. The van der Waals surface area contributed by atoms with Crippen LogP contribution in [-0.2, 0) is 22.6 Å². The topological polar surface area (TPSA) is 108 Å². The molecule has 0 saturated carbocycles. The molecule has 0 saturated heterocycles. The zero-order valence-electron chi connectivity index (χ0n) is 25.1. The minimum atomic E-state index is -0.306. The van der Waals surface area contributed by atoms with Gasteiger partial charge in [-0.3, -0.25) is 14.5 Å². The summed E-state index contributed by atoms with van der Waals surface area (Å²) in [5, 5.41) is 15.3. The van der Waals surface area contributed by atoms with Crippen LogP contribution in [0.2, 0.25) is 5.02 Å². The van der Waals surface area contributed by atoms with Gasteiger partial charge in [0.25, 0.3) is 0 Å². The van der Waals surface area contributed by atoms with Gasteiger partial charge in [-0.2, -0.15) is 5.26 Å². The molecule has 3 heterocycles. The molecule has 1 aliphatic heterocycles. The minimum absolute atomic E-state index is 0.0799. The highest BCUT2D eigenvalue weighted by Gasteiger charge is 2.23. The molecule has 2 amide bonds. The Hall–Kier alpha value is -4.84. The van der Waals surface area contributed by atoms with E-state index in [-0.39, 0.29) is 24.4 Å².